The Morgan fingerprint density at radius 1 is 1.05 bits per heavy atom. The maximum absolute atomic E-state index is 12.3. The minimum atomic E-state index is -0.784. The first-order valence-corrected chi connectivity index (χ1v) is 7.43. The van der Waals surface area contributed by atoms with Crippen LogP contribution in [0.1, 0.15) is 38.5 Å². The van der Waals surface area contributed by atoms with Gasteiger partial charge in [-0.3, -0.25) is 9.59 Å². The van der Waals surface area contributed by atoms with Crippen molar-refractivity contribution < 1.29 is 14.7 Å². The molecule has 1 saturated carbocycles. The summed E-state index contributed by atoms with van der Waals surface area (Å²) in [5.74, 6) is -0.273. The zero-order chi connectivity index (χ0) is 13.4. The molecular formula is C14H22N2O3. The molecule has 1 amide bonds. The van der Waals surface area contributed by atoms with Crippen LogP contribution in [0.5, 0.6) is 0 Å². The van der Waals surface area contributed by atoms with Gasteiger partial charge in [0.25, 0.3) is 0 Å². The second-order valence-corrected chi connectivity index (χ2v) is 6.23. The van der Waals surface area contributed by atoms with Crippen molar-refractivity contribution in [3.8, 4) is 0 Å². The Kier molecular flexibility index (Phi) is 3.48. The molecule has 5 heteroatoms. The zero-order valence-corrected chi connectivity index (χ0v) is 11.2. The number of nitrogens with one attached hydrogen (secondary N) is 1. The van der Waals surface area contributed by atoms with Crippen molar-refractivity contribution in [2.45, 2.75) is 50.6 Å². The van der Waals surface area contributed by atoms with Gasteiger partial charge in [-0.15, -0.1) is 0 Å². The van der Waals surface area contributed by atoms with Crippen molar-refractivity contribution in [3.63, 3.8) is 0 Å². The van der Waals surface area contributed by atoms with Crippen LogP contribution in [0.4, 0.5) is 0 Å². The van der Waals surface area contributed by atoms with Crippen molar-refractivity contribution >= 4 is 11.9 Å². The molecule has 3 aliphatic rings. The number of likely N-dealkylation sites (tertiary alicyclic amines) is 1. The van der Waals surface area contributed by atoms with E-state index in [2.05, 4.69) is 5.32 Å². The van der Waals surface area contributed by atoms with Gasteiger partial charge in [-0.05, 0) is 31.6 Å². The number of fused-ring (bicyclic) bond motifs is 1. The number of hydrogen-bond acceptors (Lipinski definition) is 3. The highest BCUT2D eigenvalue weighted by atomic mass is 16.4. The van der Waals surface area contributed by atoms with E-state index in [9.17, 15) is 9.59 Å². The number of aliphatic carboxylic acids is 1. The smallest absolute Gasteiger partial charge is 0.310 e. The van der Waals surface area contributed by atoms with Gasteiger partial charge in [0.15, 0.2) is 0 Å². The molecule has 0 radical (unpaired) electrons. The molecule has 2 N–H and O–H groups in total. The number of nitrogens with zero attached hydrogens (tertiary/aromatic N) is 1. The Morgan fingerprint density at radius 2 is 1.79 bits per heavy atom. The first-order chi connectivity index (χ1) is 9.15. The summed E-state index contributed by atoms with van der Waals surface area (Å²) >= 11 is 0. The fraction of sp³-hybridized carbons (Fsp3) is 0.857. The topological polar surface area (TPSA) is 69.6 Å². The van der Waals surface area contributed by atoms with Gasteiger partial charge in [-0.2, -0.15) is 0 Å². The van der Waals surface area contributed by atoms with Gasteiger partial charge in [0.2, 0.25) is 5.91 Å². The number of piperidine rings is 1. The molecule has 1 aliphatic carbocycles. The van der Waals surface area contributed by atoms with Crippen LogP contribution < -0.4 is 5.32 Å². The summed E-state index contributed by atoms with van der Waals surface area (Å²) in [6.45, 7) is 0.779. The van der Waals surface area contributed by atoms with Gasteiger partial charge in [0, 0.05) is 19.1 Å². The molecule has 2 aliphatic heterocycles. The molecule has 0 bridgehead atoms. The van der Waals surface area contributed by atoms with Crippen LogP contribution in [0, 0.1) is 11.8 Å². The third-order valence-electron chi connectivity index (χ3n) is 4.99. The minimum Gasteiger partial charge on any atom is -0.481 e. The number of amides is 1. The fourth-order valence-electron chi connectivity index (χ4n) is 3.72. The van der Waals surface area contributed by atoms with E-state index in [1.807, 2.05) is 0 Å². The molecule has 0 aromatic rings. The van der Waals surface area contributed by atoms with Crippen molar-refractivity contribution in [1.29, 1.82) is 0 Å². The maximum atomic E-state index is 12.3. The van der Waals surface area contributed by atoms with E-state index in [1.54, 1.807) is 4.90 Å². The van der Waals surface area contributed by atoms with Crippen molar-refractivity contribution in [3.05, 3.63) is 0 Å². The summed E-state index contributed by atoms with van der Waals surface area (Å²) in [5.41, 5.74) is 0. The highest BCUT2D eigenvalue weighted by Gasteiger charge is 2.41. The second-order valence-electron chi connectivity index (χ2n) is 6.23. The average Bonchev–Trinajstić information content (AvgIpc) is 2.35. The van der Waals surface area contributed by atoms with E-state index in [0.29, 0.717) is 19.1 Å². The molecule has 106 valence electrons. The minimum absolute atomic E-state index is 0.0749. The zero-order valence-electron chi connectivity index (χ0n) is 11.2. The molecular weight excluding hydrogens is 244 g/mol. The van der Waals surface area contributed by atoms with Gasteiger partial charge in [-0.1, -0.05) is 12.8 Å². The fourth-order valence-corrected chi connectivity index (χ4v) is 3.72. The number of hydrogen-bond donors (Lipinski definition) is 2. The summed E-state index contributed by atoms with van der Waals surface area (Å²) in [6.07, 6.45) is 7.13. The van der Waals surface area contributed by atoms with E-state index < -0.39 is 5.97 Å². The van der Waals surface area contributed by atoms with Gasteiger partial charge in [0.1, 0.15) is 0 Å². The van der Waals surface area contributed by atoms with Gasteiger partial charge < -0.3 is 15.3 Å². The summed E-state index contributed by atoms with van der Waals surface area (Å²) in [6, 6.07) is 0.432. The predicted molar refractivity (Wildman–Crippen MR) is 69.6 cm³/mol. The molecule has 3 unspecified atom stereocenters. The van der Waals surface area contributed by atoms with Crippen LogP contribution in [-0.4, -0.2) is 47.1 Å². The second kappa shape index (κ2) is 5.12. The molecule has 2 saturated heterocycles. The lowest BCUT2D eigenvalue weighted by atomic mass is 9.77. The van der Waals surface area contributed by atoms with Crippen LogP contribution in [0.3, 0.4) is 0 Å². The number of carboxylic acid groups (broad SMARTS) is 1. The molecule has 2 heterocycles. The average molecular weight is 266 g/mol. The lowest BCUT2D eigenvalue weighted by Gasteiger charge is -2.44. The van der Waals surface area contributed by atoms with E-state index in [0.717, 1.165) is 18.8 Å². The molecule has 3 fully saturated rings. The molecule has 0 aromatic carbocycles. The highest BCUT2D eigenvalue weighted by Crippen LogP contribution is 2.33. The van der Waals surface area contributed by atoms with Gasteiger partial charge in [0.05, 0.1) is 12.0 Å². The van der Waals surface area contributed by atoms with Crippen LogP contribution in [0.2, 0.25) is 0 Å². The van der Waals surface area contributed by atoms with Crippen LogP contribution in [0.15, 0.2) is 0 Å². The quantitative estimate of drug-likeness (QED) is 0.777. The summed E-state index contributed by atoms with van der Waals surface area (Å²) in [5, 5.41) is 12.4. The monoisotopic (exact) mass is 266 g/mol. The number of carbonyl (C=O) groups is 2. The van der Waals surface area contributed by atoms with Crippen LogP contribution in [-0.2, 0) is 9.59 Å². The normalized spacial score (nSPS) is 35.4. The van der Waals surface area contributed by atoms with Crippen molar-refractivity contribution in [1.82, 2.24) is 10.2 Å². The Hall–Kier alpha value is -1.10. The van der Waals surface area contributed by atoms with E-state index in [-0.39, 0.29) is 17.9 Å². The molecule has 19 heavy (non-hydrogen) atoms. The van der Waals surface area contributed by atoms with Gasteiger partial charge >= 0.3 is 5.97 Å². The molecule has 0 aromatic heterocycles. The summed E-state index contributed by atoms with van der Waals surface area (Å²) < 4.78 is 0. The molecule has 5 nitrogen and oxygen atoms in total. The van der Waals surface area contributed by atoms with Crippen LogP contribution in [0.25, 0.3) is 0 Å². The molecule has 0 spiro atoms. The van der Waals surface area contributed by atoms with Gasteiger partial charge in [-0.25, -0.2) is 0 Å². The number of carboxylic acids is 1. The highest BCUT2D eigenvalue weighted by molar-refractivity contribution is 5.85. The molecule has 3 rings (SSSR count). The summed E-state index contributed by atoms with van der Waals surface area (Å²) in [4.78, 5) is 24.7. The van der Waals surface area contributed by atoms with Crippen molar-refractivity contribution in [2.75, 3.05) is 13.1 Å². The predicted octanol–water partition coefficient (Wildman–Crippen LogP) is 0.840. The Bertz CT molecular complexity index is 379. The van der Waals surface area contributed by atoms with E-state index >= 15 is 0 Å². The first-order valence-electron chi connectivity index (χ1n) is 7.43. The standard InChI is InChI=1S/C14H22N2O3/c17-13(16-7-10(8-16)14(18)19)12-6-5-9-3-1-2-4-11(9)15-12/h9-12,15H,1-8H2,(H,18,19). The SMILES string of the molecule is O=C(O)C1CN(C(=O)C2CCC3CCCCC3N2)C1. The lowest BCUT2D eigenvalue weighted by molar-refractivity contribution is -0.154. The lowest BCUT2D eigenvalue weighted by Crippen LogP contribution is -2.61. The van der Waals surface area contributed by atoms with E-state index in [1.165, 1.54) is 25.7 Å². The Morgan fingerprint density at radius 3 is 2.53 bits per heavy atom. The largest absolute Gasteiger partial charge is 0.481 e. The number of rotatable bonds is 2. The Balaban J connectivity index is 1.53. The first kappa shape index (κ1) is 12.9. The third-order valence-corrected chi connectivity index (χ3v) is 4.99. The van der Waals surface area contributed by atoms with Crippen LogP contribution >= 0.6 is 0 Å². The van der Waals surface area contributed by atoms with Crippen molar-refractivity contribution in [2.24, 2.45) is 11.8 Å². The van der Waals surface area contributed by atoms with E-state index in [4.69, 9.17) is 5.11 Å². The Labute approximate surface area is 113 Å². The number of carbonyl (C=O) groups excluding carboxylic acids is 1. The molecule has 3 atom stereocenters. The maximum Gasteiger partial charge on any atom is 0.310 e. The summed E-state index contributed by atoms with van der Waals surface area (Å²) in [7, 11) is 0. The third kappa shape index (κ3) is 2.48.